The number of carbonyl (C=O) groups is 1. The first kappa shape index (κ1) is 16.4. The number of ether oxygens (including phenoxy) is 2. The molecule has 2 atom stereocenters. The Hall–Kier alpha value is -2.12. The molecule has 2 aromatic rings. The minimum Gasteiger partial charge on any atom is -0.375 e. The van der Waals surface area contributed by atoms with Gasteiger partial charge in [0, 0.05) is 44.9 Å². The average Bonchev–Trinajstić information content (AvgIpc) is 3.18. The van der Waals surface area contributed by atoms with Gasteiger partial charge < -0.3 is 24.1 Å². The Morgan fingerprint density at radius 3 is 3.16 bits per heavy atom. The minimum absolute atomic E-state index is 0.0288. The molecule has 1 spiro atoms. The van der Waals surface area contributed by atoms with Crippen molar-refractivity contribution in [3.63, 3.8) is 0 Å². The number of urea groups is 1. The van der Waals surface area contributed by atoms with E-state index in [1.807, 2.05) is 46.8 Å². The number of amides is 2. The molecule has 0 aromatic carbocycles. The molecule has 0 aliphatic carbocycles. The van der Waals surface area contributed by atoms with Crippen LogP contribution in [-0.4, -0.2) is 64.9 Å². The van der Waals surface area contributed by atoms with Crippen LogP contribution in [0.4, 0.5) is 4.79 Å². The summed E-state index contributed by atoms with van der Waals surface area (Å²) in [6, 6.07) is 5.88. The normalized spacial score (nSPS) is 26.4. The molecule has 2 aliphatic rings. The molecule has 0 unspecified atom stereocenters. The van der Waals surface area contributed by atoms with Crippen LogP contribution < -0.4 is 5.32 Å². The predicted octanol–water partition coefficient (Wildman–Crippen LogP) is 1.47. The fraction of sp³-hybridized carbons (Fsp3) is 0.556. The number of hydrogen-bond donors (Lipinski definition) is 1. The molecule has 2 aliphatic heterocycles. The molecule has 4 rings (SSSR count). The molecule has 0 saturated carbocycles. The van der Waals surface area contributed by atoms with Crippen molar-refractivity contribution >= 4 is 11.7 Å². The maximum Gasteiger partial charge on any atom is 0.317 e. The number of aromatic nitrogens is 2. The largest absolute Gasteiger partial charge is 0.375 e. The van der Waals surface area contributed by atoms with Gasteiger partial charge >= 0.3 is 6.03 Å². The molecule has 134 valence electrons. The highest BCUT2D eigenvalue weighted by atomic mass is 16.6. The summed E-state index contributed by atoms with van der Waals surface area (Å²) in [5, 5.41) is 3.01. The van der Waals surface area contributed by atoms with E-state index in [1.165, 1.54) is 0 Å². The summed E-state index contributed by atoms with van der Waals surface area (Å²) in [5.41, 5.74) is 1.56. The number of rotatable bonds is 3. The van der Waals surface area contributed by atoms with Gasteiger partial charge in [0.25, 0.3) is 0 Å². The highest BCUT2D eigenvalue weighted by Gasteiger charge is 2.46. The SMILES string of the molecule is C[C@H]1OCC[C@]12CN(C(=O)NCCc1cn3ccccc3n1)CCO2. The average molecular weight is 344 g/mol. The third-order valence-corrected chi connectivity index (χ3v) is 5.20. The Labute approximate surface area is 146 Å². The number of fused-ring (bicyclic) bond motifs is 1. The second-order valence-electron chi connectivity index (χ2n) is 6.78. The van der Waals surface area contributed by atoms with Crippen molar-refractivity contribution in [3.05, 3.63) is 36.3 Å². The van der Waals surface area contributed by atoms with Crippen molar-refractivity contribution in [2.45, 2.75) is 31.5 Å². The van der Waals surface area contributed by atoms with E-state index in [2.05, 4.69) is 10.3 Å². The fourth-order valence-corrected chi connectivity index (χ4v) is 3.66. The first-order valence-corrected chi connectivity index (χ1v) is 8.87. The second-order valence-corrected chi connectivity index (χ2v) is 6.78. The zero-order valence-corrected chi connectivity index (χ0v) is 14.5. The summed E-state index contributed by atoms with van der Waals surface area (Å²) in [6.07, 6.45) is 5.56. The van der Waals surface area contributed by atoms with Gasteiger partial charge in [0.1, 0.15) is 11.2 Å². The van der Waals surface area contributed by atoms with Gasteiger partial charge in [0.15, 0.2) is 0 Å². The van der Waals surface area contributed by atoms with Crippen LogP contribution in [0.5, 0.6) is 0 Å². The number of pyridine rings is 1. The number of hydrogen-bond acceptors (Lipinski definition) is 4. The molecular formula is C18H24N4O3. The van der Waals surface area contributed by atoms with Gasteiger partial charge in [0.05, 0.1) is 24.9 Å². The van der Waals surface area contributed by atoms with Crippen molar-refractivity contribution in [1.82, 2.24) is 19.6 Å². The lowest BCUT2D eigenvalue weighted by molar-refractivity contribution is -0.125. The highest BCUT2D eigenvalue weighted by Crippen LogP contribution is 2.32. The van der Waals surface area contributed by atoms with Crippen molar-refractivity contribution in [2.24, 2.45) is 0 Å². The van der Waals surface area contributed by atoms with E-state index in [4.69, 9.17) is 9.47 Å². The maximum absolute atomic E-state index is 12.5. The molecule has 1 N–H and O–H groups in total. The van der Waals surface area contributed by atoms with Crippen LogP contribution in [0.3, 0.4) is 0 Å². The van der Waals surface area contributed by atoms with E-state index in [1.54, 1.807) is 0 Å². The summed E-state index contributed by atoms with van der Waals surface area (Å²) in [7, 11) is 0. The number of morpholine rings is 1. The molecule has 2 amide bonds. The van der Waals surface area contributed by atoms with E-state index in [0.29, 0.717) is 39.3 Å². The Morgan fingerprint density at radius 1 is 1.44 bits per heavy atom. The van der Waals surface area contributed by atoms with E-state index >= 15 is 0 Å². The van der Waals surface area contributed by atoms with Crippen LogP contribution in [0.15, 0.2) is 30.6 Å². The third-order valence-electron chi connectivity index (χ3n) is 5.20. The molecule has 25 heavy (non-hydrogen) atoms. The van der Waals surface area contributed by atoms with Gasteiger partial charge in [-0.1, -0.05) is 6.07 Å². The number of carbonyl (C=O) groups excluding carboxylic acids is 1. The van der Waals surface area contributed by atoms with Gasteiger partial charge in [-0.05, 0) is 19.1 Å². The van der Waals surface area contributed by atoms with Crippen LogP contribution in [0.1, 0.15) is 19.0 Å². The number of nitrogens with one attached hydrogen (secondary N) is 1. The summed E-state index contributed by atoms with van der Waals surface area (Å²) in [4.78, 5) is 18.9. The lowest BCUT2D eigenvalue weighted by atomic mass is 9.94. The van der Waals surface area contributed by atoms with E-state index in [0.717, 1.165) is 17.8 Å². The van der Waals surface area contributed by atoms with Crippen LogP contribution in [0.2, 0.25) is 0 Å². The smallest absolute Gasteiger partial charge is 0.317 e. The van der Waals surface area contributed by atoms with Crippen molar-refractivity contribution in [3.8, 4) is 0 Å². The summed E-state index contributed by atoms with van der Waals surface area (Å²) < 4.78 is 13.6. The van der Waals surface area contributed by atoms with Crippen LogP contribution >= 0.6 is 0 Å². The fourth-order valence-electron chi connectivity index (χ4n) is 3.66. The Kier molecular flexibility index (Phi) is 4.35. The standard InChI is InChI=1S/C18H24N4O3/c1-14-18(6-10-24-14)13-22(9-11-25-18)17(23)19-7-5-15-12-21-8-3-2-4-16(21)20-15/h2-4,8,12,14H,5-7,9-11,13H2,1H3,(H,19,23)/t14-,18+/m1/s1. The molecule has 2 saturated heterocycles. The summed E-state index contributed by atoms with van der Waals surface area (Å²) in [6.45, 7) is 5.07. The highest BCUT2D eigenvalue weighted by molar-refractivity contribution is 5.74. The zero-order chi connectivity index (χ0) is 17.3. The second kappa shape index (κ2) is 6.65. The quantitative estimate of drug-likeness (QED) is 0.915. The van der Waals surface area contributed by atoms with Crippen LogP contribution in [0, 0.1) is 0 Å². The predicted molar refractivity (Wildman–Crippen MR) is 92.6 cm³/mol. The van der Waals surface area contributed by atoms with Crippen molar-refractivity contribution in [2.75, 3.05) is 32.8 Å². The molecule has 0 radical (unpaired) electrons. The Morgan fingerprint density at radius 2 is 2.36 bits per heavy atom. The lowest BCUT2D eigenvalue weighted by Gasteiger charge is -2.41. The molecule has 2 fully saturated rings. The Balaban J connectivity index is 1.31. The number of nitrogens with zero attached hydrogens (tertiary/aromatic N) is 3. The first-order valence-electron chi connectivity index (χ1n) is 8.87. The number of imidazole rings is 1. The summed E-state index contributed by atoms with van der Waals surface area (Å²) >= 11 is 0. The first-order chi connectivity index (χ1) is 12.2. The third kappa shape index (κ3) is 3.21. The van der Waals surface area contributed by atoms with Crippen molar-refractivity contribution in [1.29, 1.82) is 0 Å². The lowest BCUT2D eigenvalue weighted by Crippen LogP contribution is -2.58. The van der Waals surface area contributed by atoms with Gasteiger partial charge in [-0.15, -0.1) is 0 Å². The molecule has 2 aromatic heterocycles. The van der Waals surface area contributed by atoms with E-state index in [-0.39, 0.29) is 17.7 Å². The molecule has 7 heteroatoms. The van der Waals surface area contributed by atoms with Gasteiger partial charge in [0.2, 0.25) is 0 Å². The van der Waals surface area contributed by atoms with E-state index < -0.39 is 0 Å². The van der Waals surface area contributed by atoms with Gasteiger partial charge in [-0.2, -0.15) is 0 Å². The summed E-state index contributed by atoms with van der Waals surface area (Å²) in [5.74, 6) is 0. The molecular weight excluding hydrogens is 320 g/mol. The van der Waals surface area contributed by atoms with Crippen LogP contribution in [-0.2, 0) is 15.9 Å². The van der Waals surface area contributed by atoms with Gasteiger partial charge in [-0.25, -0.2) is 9.78 Å². The van der Waals surface area contributed by atoms with Crippen LogP contribution in [0.25, 0.3) is 5.65 Å². The zero-order valence-electron chi connectivity index (χ0n) is 14.5. The van der Waals surface area contributed by atoms with Crippen molar-refractivity contribution < 1.29 is 14.3 Å². The molecule has 0 bridgehead atoms. The monoisotopic (exact) mass is 344 g/mol. The topological polar surface area (TPSA) is 68.1 Å². The Bertz CT molecular complexity index is 729. The van der Waals surface area contributed by atoms with E-state index in [9.17, 15) is 4.79 Å². The molecule has 4 heterocycles. The van der Waals surface area contributed by atoms with Gasteiger partial charge in [-0.3, -0.25) is 0 Å². The minimum atomic E-state index is -0.336. The molecule has 7 nitrogen and oxygen atoms in total. The maximum atomic E-state index is 12.5.